The zero-order valence-electron chi connectivity index (χ0n) is 19.6. The molecule has 2 heterocycles. The van der Waals surface area contributed by atoms with Crippen LogP contribution in [0.5, 0.6) is 0 Å². The van der Waals surface area contributed by atoms with Gasteiger partial charge in [-0.05, 0) is 54.3 Å². The highest BCUT2D eigenvalue weighted by atomic mass is 32.2. The number of Topliss-reactive ketones (excluding diaryl/α,β-unsaturated/α-hetero) is 1. The van der Waals surface area contributed by atoms with Crippen LogP contribution in [-0.4, -0.2) is 39.1 Å². The Morgan fingerprint density at radius 1 is 1.11 bits per heavy atom. The second-order valence-corrected chi connectivity index (χ2v) is 10.0. The predicted molar refractivity (Wildman–Crippen MR) is 139 cm³/mol. The van der Waals surface area contributed by atoms with Crippen molar-refractivity contribution in [2.45, 2.75) is 44.6 Å². The Hall–Kier alpha value is -3.39. The van der Waals surface area contributed by atoms with Crippen molar-refractivity contribution in [2.24, 2.45) is 5.41 Å². The van der Waals surface area contributed by atoms with Gasteiger partial charge in [-0.1, -0.05) is 31.4 Å². The number of pyridine rings is 2. The Labute approximate surface area is 208 Å². The van der Waals surface area contributed by atoms with E-state index in [1.54, 1.807) is 18.6 Å². The molecule has 7 nitrogen and oxygen atoms in total. The molecule has 35 heavy (non-hydrogen) atoms. The number of carboxylic acid groups (broad SMARTS) is 1. The number of nitrogens with one attached hydrogen (secondary N) is 2. The minimum Gasteiger partial charge on any atom is -0.480 e. The molecule has 1 atom stereocenters. The third kappa shape index (κ3) is 4.38. The number of hydrogen-bond donors (Lipinski definition) is 3. The second-order valence-electron chi connectivity index (χ2n) is 9.20. The van der Waals surface area contributed by atoms with Gasteiger partial charge in [0.1, 0.15) is 11.9 Å². The molecule has 180 valence electrons. The minimum atomic E-state index is -0.919. The number of ketones is 1. The highest BCUT2D eigenvalue weighted by molar-refractivity contribution is 8.03. The van der Waals surface area contributed by atoms with Gasteiger partial charge in [0.25, 0.3) is 0 Å². The van der Waals surface area contributed by atoms with Crippen LogP contribution in [0.15, 0.2) is 65.6 Å². The smallest absolute Gasteiger partial charge is 0.326 e. The maximum Gasteiger partial charge on any atom is 0.326 e. The van der Waals surface area contributed by atoms with Crippen molar-refractivity contribution in [2.75, 3.05) is 11.6 Å². The van der Waals surface area contributed by atoms with E-state index >= 15 is 0 Å². The number of nitrogens with zero attached hydrogens (tertiary/aromatic N) is 2. The summed E-state index contributed by atoms with van der Waals surface area (Å²) in [6.45, 7) is 0. The molecule has 5 rings (SSSR count). The lowest BCUT2D eigenvalue weighted by atomic mass is 9.62. The Morgan fingerprint density at radius 3 is 2.57 bits per heavy atom. The summed E-state index contributed by atoms with van der Waals surface area (Å²) in [5.74, 6) is -0.0145. The standard InChI is InChI=1S/C27H28N4O3S/c1-35-22-23(27(24(22)32)11-3-2-4-12-27)31-21(26(33)34)15-17-5-7-19(8-6-17)30-25-20-16-28-13-9-18(20)10-14-29-25/h5-10,13-14,16,21,31H,2-4,11-12,15H2,1H3,(H,29,30)(H,33,34). The summed E-state index contributed by atoms with van der Waals surface area (Å²) in [5.41, 5.74) is 2.10. The maximum absolute atomic E-state index is 12.9. The predicted octanol–water partition coefficient (Wildman–Crippen LogP) is 5.07. The second kappa shape index (κ2) is 9.70. The van der Waals surface area contributed by atoms with Crippen molar-refractivity contribution in [3.8, 4) is 0 Å². The fourth-order valence-electron chi connectivity index (χ4n) is 5.21. The first-order chi connectivity index (χ1) is 17.0. The van der Waals surface area contributed by atoms with Crippen LogP contribution in [-0.2, 0) is 16.0 Å². The fourth-order valence-corrected chi connectivity index (χ4v) is 6.05. The minimum absolute atomic E-state index is 0.184. The van der Waals surface area contributed by atoms with Gasteiger partial charge >= 0.3 is 5.97 Å². The van der Waals surface area contributed by atoms with Crippen LogP contribution in [0.2, 0.25) is 0 Å². The van der Waals surface area contributed by atoms with E-state index in [9.17, 15) is 14.7 Å². The van der Waals surface area contributed by atoms with Crippen LogP contribution >= 0.6 is 11.8 Å². The van der Waals surface area contributed by atoms with E-state index in [-0.39, 0.29) is 5.78 Å². The number of anilines is 2. The number of benzene rings is 1. The first-order valence-electron chi connectivity index (χ1n) is 11.9. The summed E-state index contributed by atoms with van der Waals surface area (Å²) in [4.78, 5) is 34.3. The van der Waals surface area contributed by atoms with Gasteiger partial charge in [-0.3, -0.25) is 9.78 Å². The number of fused-ring (bicyclic) bond motifs is 1. The summed E-state index contributed by atoms with van der Waals surface area (Å²) < 4.78 is 0. The molecule has 2 aliphatic carbocycles. The molecule has 8 heteroatoms. The van der Waals surface area contributed by atoms with Crippen molar-refractivity contribution < 1.29 is 14.7 Å². The van der Waals surface area contributed by atoms with Gasteiger partial charge in [-0.25, -0.2) is 9.78 Å². The summed E-state index contributed by atoms with van der Waals surface area (Å²) in [6, 6.07) is 10.8. The highest BCUT2D eigenvalue weighted by Crippen LogP contribution is 2.54. The molecule has 0 bridgehead atoms. The van der Waals surface area contributed by atoms with Crippen LogP contribution in [0, 0.1) is 5.41 Å². The van der Waals surface area contributed by atoms with E-state index in [0.29, 0.717) is 11.3 Å². The topological polar surface area (TPSA) is 104 Å². The summed E-state index contributed by atoms with van der Waals surface area (Å²) >= 11 is 1.41. The van der Waals surface area contributed by atoms with Gasteiger partial charge in [0.15, 0.2) is 5.78 Å². The zero-order valence-corrected chi connectivity index (χ0v) is 20.4. The normalized spacial score (nSPS) is 17.8. The highest BCUT2D eigenvalue weighted by Gasteiger charge is 2.54. The molecule has 1 spiro atoms. The third-order valence-electron chi connectivity index (χ3n) is 7.10. The Morgan fingerprint density at radius 2 is 1.86 bits per heavy atom. The van der Waals surface area contributed by atoms with Crippen molar-refractivity contribution in [3.05, 3.63) is 71.2 Å². The van der Waals surface area contributed by atoms with Crippen molar-refractivity contribution in [1.29, 1.82) is 0 Å². The van der Waals surface area contributed by atoms with Crippen LogP contribution in [0.4, 0.5) is 11.5 Å². The molecule has 0 radical (unpaired) electrons. The first kappa shape index (κ1) is 23.4. The van der Waals surface area contributed by atoms with Gasteiger partial charge in [0.2, 0.25) is 0 Å². The van der Waals surface area contributed by atoms with Crippen molar-refractivity contribution in [3.63, 3.8) is 0 Å². The van der Waals surface area contributed by atoms with Crippen LogP contribution in [0.25, 0.3) is 10.8 Å². The molecular weight excluding hydrogens is 460 g/mol. The Balaban J connectivity index is 1.31. The maximum atomic E-state index is 12.9. The molecule has 0 saturated heterocycles. The molecule has 1 fully saturated rings. The van der Waals surface area contributed by atoms with Crippen molar-refractivity contribution >= 4 is 45.8 Å². The molecule has 3 aromatic rings. The number of carbonyl (C=O) groups excluding carboxylic acids is 1. The molecule has 1 aromatic carbocycles. The van der Waals surface area contributed by atoms with Gasteiger partial charge in [-0.15, -0.1) is 11.8 Å². The Kier molecular flexibility index (Phi) is 6.47. The summed E-state index contributed by atoms with van der Waals surface area (Å²) in [7, 11) is 0. The molecular formula is C27H28N4O3S. The van der Waals surface area contributed by atoms with E-state index in [0.717, 1.165) is 65.6 Å². The molecule has 0 aliphatic heterocycles. The average molecular weight is 489 g/mol. The molecule has 0 amide bonds. The average Bonchev–Trinajstić information content (AvgIpc) is 2.89. The molecule has 2 aliphatic rings. The third-order valence-corrected chi connectivity index (χ3v) is 7.90. The molecule has 2 aromatic heterocycles. The Bertz CT molecular complexity index is 1290. The fraction of sp³-hybridized carbons (Fsp3) is 0.333. The van der Waals surface area contributed by atoms with Gasteiger partial charge in [0, 0.05) is 41.8 Å². The number of allylic oxidation sites excluding steroid dienone is 2. The largest absolute Gasteiger partial charge is 0.480 e. The number of aromatic nitrogens is 2. The van der Waals surface area contributed by atoms with E-state index in [2.05, 4.69) is 20.6 Å². The number of carbonyl (C=O) groups is 2. The summed E-state index contributed by atoms with van der Waals surface area (Å²) in [6.07, 6.45) is 12.2. The number of carboxylic acids is 1. The number of rotatable bonds is 8. The quantitative estimate of drug-likeness (QED) is 0.404. The van der Waals surface area contributed by atoms with E-state index in [1.807, 2.05) is 42.7 Å². The first-order valence-corrected chi connectivity index (χ1v) is 13.1. The van der Waals surface area contributed by atoms with Gasteiger partial charge < -0.3 is 15.7 Å². The lowest BCUT2D eigenvalue weighted by molar-refractivity contribution is -0.140. The van der Waals surface area contributed by atoms with Gasteiger partial charge in [-0.2, -0.15) is 0 Å². The zero-order chi connectivity index (χ0) is 24.4. The van der Waals surface area contributed by atoms with Crippen molar-refractivity contribution in [1.82, 2.24) is 15.3 Å². The SMILES string of the molecule is CSC1=C(NC(Cc2ccc(Nc3nccc4ccncc34)cc2)C(=O)O)C2(CCCCC2)C1=O. The molecule has 1 unspecified atom stereocenters. The van der Waals surface area contributed by atoms with E-state index < -0.39 is 17.4 Å². The molecule has 3 N–H and O–H groups in total. The summed E-state index contributed by atoms with van der Waals surface area (Å²) in [5, 5.41) is 18.5. The van der Waals surface area contributed by atoms with Gasteiger partial charge in [0.05, 0.1) is 10.3 Å². The van der Waals surface area contributed by atoms with Crippen LogP contribution in [0.3, 0.4) is 0 Å². The monoisotopic (exact) mass is 488 g/mol. The van der Waals surface area contributed by atoms with E-state index in [1.165, 1.54) is 11.8 Å². The van der Waals surface area contributed by atoms with Crippen LogP contribution in [0.1, 0.15) is 37.7 Å². The number of thioether (sulfide) groups is 1. The lowest BCUT2D eigenvalue weighted by Gasteiger charge is -2.47. The number of aliphatic carboxylic acids is 1. The van der Waals surface area contributed by atoms with E-state index in [4.69, 9.17) is 0 Å². The lowest BCUT2D eigenvalue weighted by Crippen LogP contribution is -2.53. The van der Waals surface area contributed by atoms with Crippen LogP contribution < -0.4 is 10.6 Å². The number of hydrogen-bond acceptors (Lipinski definition) is 7. The molecule has 1 saturated carbocycles.